The van der Waals surface area contributed by atoms with Crippen molar-refractivity contribution in [1.82, 2.24) is 9.97 Å². The number of thiazole rings is 2. The Hall–Kier alpha value is -4.37. The van der Waals surface area contributed by atoms with E-state index in [1.165, 1.54) is 23.5 Å². The number of aryl methyl sites for hydroxylation is 1. The first-order valence-electron chi connectivity index (χ1n) is 21.8. The van der Waals surface area contributed by atoms with Gasteiger partial charge in [0.1, 0.15) is 10.0 Å². The molecule has 2 aromatic heterocycles. The number of alkyl halides is 3. The van der Waals surface area contributed by atoms with Gasteiger partial charge in [0.25, 0.3) is 0 Å². The zero-order valence-electron chi connectivity index (χ0n) is 38.2. The second kappa shape index (κ2) is 22.3. The van der Waals surface area contributed by atoms with E-state index >= 15 is 0 Å². The first-order chi connectivity index (χ1) is 29.0. The maximum absolute atomic E-state index is 13.2. The molecule has 1 aliphatic carbocycles. The van der Waals surface area contributed by atoms with Gasteiger partial charge in [-0.1, -0.05) is 92.7 Å². The molecule has 15 heteroatoms. The van der Waals surface area contributed by atoms with Crippen molar-refractivity contribution in [2.45, 2.75) is 126 Å². The highest BCUT2D eigenvalue weighted by Gasteiger charge is 2.36. The molecule has 2 atom stereocenters. The summed E-state index contributed by atoms with van der Waals surface area (Å²) >= 11 is 2.31. The minimum atomic E-state index is -4.50. The maximum Gasteiger partial charge on any atom is 0.443 e. The number of aliphatic carboxylic acids is 2. The van der Waals surface area contributed by atoms with Crippen LogP contribution in [0.5, 0.6) is 0 Å². The summed E-state index contributed by atoms with van der Waals surface area (Å²) in [6, 6.07) is 12.1. The predicted molar refractivity (Wildman–Crippen MR) is 251 cm³/mol. The number of nitrogens with zero attached hydrogens (tertiary/aromatic N) is 4. The lowest BCUT2D eigenvalue weighted by molar-refractivity contribution is -0.138. The smallest absolute Gasteiger partial charge is 0.443 e. The summed E-state index contributed by atoms with van der Waals surface area (Å²) in [6.07, 6.45) is 0.0289. The Morgan fingerprint density at radius 1 is 0.726 bits per heavy atom. The van der Waals surface area contributed by atoms with Crippen molar-refractivity contribution >= 4 is 67.4 Å². The number of aromatic nitrogens is 2. The predicted octanol–water partition coefficient (Wildman–Crippen LogP) is 13.4. The fraction of sp³-hybridized carbons (Fsp3) is 0.574. The summed E-state index contributed by atoms with van der Waals surface area (Å²) < 4.78 is 39.5. The molecule has 2 unspecified atom stereocenters. The summed E-state index contributed by atoms with van der Waals surface area (Å²) in [7, 11) is 0. The first-order valence-corrected chi connectivity index (χ1v) is 23.4. The third-order valence-electron chi connectivity index (χ3n) is 10.2. The second-order valence-corrected chi connectivity index (χ2v) is 20.5. The number of hydrogen-bond acceptors (Lipinski definition) is 10. The van der Waals surface area contributed by atoms with Crippen molar-refractivity contribution in [3.05, 3.63) is 69.4 Å². The van der Waals surface area contributed by atoms with E-state index in [9.17, 15) is 27.9 Å². The molecule has 10 nitrogen and oxygen atoms in total. The molecule has 0 bridgehead atoms. The zero-order valence-corrected chi connectivity index (χ0v) is 39.8. The van der Waals surface area contributed by atoms with E-state index in [0.29, 0.717) is 51.6 Å². The van der Waals surface area contributed by atoms with Crippen molar-refractivity contribution < 1.29 is 33.0 Å². The fourth-order valence-electron chi connectivity index (χ4n) is 7.29. The molecule has 0 aliphatic heterocycles. The van der Waals surface area contributed by atoms with Crippen molar-refractivity contribution in [3.63, 3.8) is 0 Å². The minimum absolute atomic E-state index is 0.0295. The molecule has 2 aromatic carbocycles. The van der Waals surface area contributed by atoms with E-state index in [1.54, 1.807) is 18.3 Å². The summed E-state index contributed by atoms with van der Waals surface area (Å²) in [4.78, 5) is 35.4. The number of hydrogen-bond donors (Lipinski definition) is 4. The average Bonchev–Trinajstić information content (AvgIpc) is 3.78. The van der Waals surface area contributed by atoms with Crippen LogP contribution in [0.3, 0.4) is 0 Å². The third-order valence-corrected chi connectivity index (χ3v) is 12.4. The molecule has 0 spiro atoms. The van der Waals surface area contributed by atoms with E-state index in [0.717, 1.165) is 53.7 Å². The summed E-state index contributed by atoms with van der Waals surface area (Å²) in [6.45, 7) is 26.3. The van der Waals surface area contributed by atoms with E-state index in [4.69, 9.17) is 5.11 Å². The lowest BCUT2D eigenvalue weighted by Gasteiger charge is -2.31. The molecular weight excluding hydrogens is 834 g/mol. The third kappa shape index (κ3) is 15.5. The minimum Gasteiger partial charge on any atom is -0.481 e. The van der Waals surface area contributed by atoms with Gasteiger partial charge in [0.15, 0.2) is 5.01 Å². The standard InChI is InChI=1S/C24H35N3O2S.C23H32F3N3O2S/c1-15(2)13-27(14-16(3)4)21-9-8-19(17(5)10-23(28)29)11-20(21)26-22-12-25-24(30-22)18-6-7-18;1-13(2)11-29(12-14(3)4)19-8-7-17(15(5)9-20(30)31)10-18(19)28-21-16(6)27-22(32-21)23(24,25)26/h8-9,11-12,15-18,26H,6-7,10,13-14H2,1-5H3,(H,28,29);7-8,10,13-15,28H,9,11-12H2,1-6H3,(H,30,31). The topological polar surface area (TPSA) is 131 Å². The Kier molecular flexibility index (Phi) is 18.1. The highest BCUT2D eigenvalue weighted by Crippen LogP contribution is 2.44. The van der Waals surface area contributed by atoms with Gasteiger partial charge >= 0.3 is 18.1 Å². The summed E-state index contributed by atoms with van der Waals surface area (Å²) in [5.74, 6) is 0.570. The molecule has 2 heterocycles. The first kappa shape index (κ1) is 50.3. The largest absolute Gasteiger partial charge is 0.481 e. The normalized spacial score (nSPS) is 13.9. The number of carboxylic acid groups (broad SMARTS) is 2. The molecule has 62 heavy (non-hydrogen) atoms. The van der Waals surface area contributed by atoms with Crippen LogP contribution in [0.4, 0.5) is 45.9 Å². The Labute approximate surface area is 374 Å². The summed E-state index contributed by atoms with van der Waals surface area (Å²) in [5, 5.41) is 26.9. The number of halogens is 3. The van der Waals surface area contributed by atoms with Crippen LogP contribution in [0.1, 0.15) is 140 Å². The van der Waals surface area contributed by atoms with Gasteiger partial charge in [0, 0.05) is 32.1 Å². The molecule has 342 valence electrons. The average molecular weight is 901 g/mol. The molecule has 5 rings (SSSR count). The van der Waals surface area contributed by atoms with Crippen LogP contribution in [-0.4, -0.2) is 58.3 Å². The maximum atomic E-state index is 13.2. The molecule has 1 saturated carbocycles. The van der Waals surface area contributed by atoms with Gasteiger partial charge in [-0.15, -0.1) is 11.3 Å². The highest BCUT2D eigenvalue weighted by molar-refractivity contribution is 7.16. The molecule has 4 aromatic rings. The van der Waals surface area contributed by atoms with Crippen molar-refractivity contribution in [1.29, 1.82) is 0 Å². The second-order valence-electron chi connectivity index (χ2n) is 18.5. The highest BCUT2D eigenvalue weighted by atomic mass is 32.1. The Morgan fingerprint density at radius 3 is 1.53 bits per heavy atom. The Balaban J connectivity index is 0.000000273. The Morgan fingerprint density at radius 2 is 1.16 bits per heavy atom. The van der Waals surface area contributed by atoms with Crippen LogP contribution in [0.25, 0.3) is 0 Å². The number of rotatable bonds is 21. The van der Waals surface area contributed by atoms with Crippen molar-refractivity contribution in [3.8, 4) is 0 Å². The number of benzene rings is 2. The van der Waals surface area contributed by atoms with Crippen LogP contribution in [0.2, 0.25) is 0 Å². The van der Waals surface area contributed by atoms with Crippen LogP contribution in [0.15, 0.2) is 42.6 Å². The van der Waals surface area contributed by atoms with E-state index in [-0.39, 0.29) is 30.4 Å². The quantitative estimate of drug-likeness (QED) is 0.0641. The van der Waals surface area contributed by atoms with Gasteiger partial charge < -0.3 is 30.6 Å². The van der Waals surface area contributed by atoms with E-state index in [1.807, 2.05) is 38.2 Å². The number of carbonyl (C=O) groups is 2. The van der Waals surface area contributed by atoms with E-state index in [2.05, 4.69) is 104 Å². The molecule has 1 fully saturated rings. The lowest BCUT2D eigenvalue weighted by atomic mass is 9.96. The molecular formula is C47H67F3N6O4S2. The molecule has 0 radical (unpaired) electrons. The molecule has 4 N–H and O–H groups in total. The number of carboxylic acids is 2. The van der Waals surface area contributed by atoms with Gasteiger partial charge in [-0.3, -0.25) is 9.59 Å². The van der Waals surface area contributed by atoms with Gasteiger partial charge in [0.2, 0.25) is 0 Å². The van der Waals surface area contributed by atoms with Crippen LogP contribution >= 0.6 is 22.7 Å². The lowest BCUT2D eigenvalue weighted by Crippen LogP contribution is -2.31. The van der Waals surface area contributed by atoms with Gasteiger partial charge in [-0.2, -0.15) is 13.2 Å². The SMILES string of the molecule is CC(C)CN(CC(C)C)c1ccc(C(C)CC(=O)O)cc1Nc1cnc(C2CC2)s1.Cc1nc(C(F)(F)F)sc1Nc1cc(C(C)CC(=O)O)ccc1N(CC(C)C)CC(C)C. The molecule has 1 aliphatic rings. The zero-order chi connectivity index (χ0) is 46.1. The Bertz CT molecular complexity index is 2060. The van der Waals surface area contributed by atoms with Crippen molar-refractivity contribution in [2.75, 3.05) is 46.6 Å². The van der Waals surface area contributed by atoms with Crippen molar-refractivity contribution in [2.24, 2.45) is 23.7 Å². The number of nitrogens with one attached hydrogen (secondary N) is 2. The van der Waals surface area contributed by atoms with Gasteiger partial charge in [0.05, 0.1) is 52.5 Å². The van der Waals surface area contributed by atoms with Crippen LogP contribution < -0.4 is 20.4 Å². The summed E-state index contributed by atoms with van der Waals surface area (Å²) in [5.41, 5.74) is 5.87. The van der Waals surface area contributed by atoms with E-state index < -0.39 is 23.1 Å². The fourth-order valence-corrected chi connectivity index (χ4v) is 9.14. The van der Waals surface area contributed by atoms with Crippen LogP contribution in [0, 0.1) is 30.6 Å². The van der Waals surface area contributed by atoms with Gasteiger partial charge in [-0.25, -0.2) is 9.97 Å². The molecule has 0 amide bonds. The number of anilines is 6. The molecule has 0 saturated heterocycles. The van der Waals surface area contributed by atoms with Crippen LogP contribution in [-0.2, 0) is 15.8 Å². The monoisotopic (exact) mass is 900 g/mol. The van der Waals surface area contributed by atoms with Gasteiger partial charge in [-0.05, 0) is 90.7 Å².